The average molecular weight is 305 g/mol. The standard InChI is InChI=1S/C17H23NO4/c1-12-11-14(5-6-15(12)17(20)21)18-16(19)4-2-3-13-7-9-22-10-8-13/h5-6,11,13H,2-4,7-10H2,1H3,(H,18,19)(H,20,21). The van der Waals surface area contributed by atoms with E-state index in [1.165, 1.54) is 6.07 Å². The zero-order valence-corrected chi connectivity index (χ0v) is 12.9. The highest BCUT2D eigenvalue weighted by molar-refractivity contribution is 5.93. The molecule has 5 nitrogen and oxygen atoms in total. The van der Waals surface area contributed by atoms with E-state index in [-0.39, 0.29) is 11.5 Å². The molecule has 2 rings (SSSR count). The molecule has 120 valence electrons. The molecule has 22 heavy (non-hydrogen) atoms. The van der Waals surface area contributed by atoms with E-state index in [1.807, 2.05) is 0 Å². The first kappa shape index (κ1) is 16.5. The number of carbonyl (C=O) groups excluding carboxylic acids is 1. The number of rotatable bonds is 6. The summed E-state index contributed by atoms with van der Waals surface area (Å²) in [6.45, 7) is 3.41. The molecule has 1 fully saturated rings. The van der Waals surface area contributed by atoms with E-state index in [0.717, 1.165) is 38.9 Å². The summed E-state index contributed by atoms with van der Waals surface area (Å²) >= 11 is 0. The Labute approximate surface area is 130 Å². The summed E-state index contributed by atoms with van der Waals surface area (Å²) in [7, 11) is 0. The van der Waals surface area contributed by atoms with Crippen LogP contribution in [0.15, 0.2) is 18.2 Å². The number of nitrogens with one attached hydrogen (secondary N) is 1. The number of anilines is 1. The lowest BCUT2D eigenvalue weighted by Gasteiger charge is -2.21. The van der Waals surface area contributed by atoms with Crippen LogP contribution in [0.3, 0.4) is 0 Å². The number of carboxylic acids is 1. The van der Waals surface area contributed by atoms with E-state index in [9.17, 15) is 9.59 Å². The van der Waals surface area contributed by atoms with Gasteiger partial charge in [0.2, 0.25) is 5.91 Å². The van der Waals surface area contributed by atoms with Crippen LogP contribution >= 0.6 is 0 Å². The third-order valence-electron chi connectivity index (χ3n) is 4.10. The fourth-order valence-electron chi connectivity index (χ4n) is 2.79. The van der Waals surface area contributed by atoms with E-state index in [0.29, 0.717) is 23.6 Å². The van der Waals surface area contributed by atoms with Gasteiger partial charge in [-0.1, -0.05) is 0 Å². The van der Waals surface area contributed by atoms with Crippen LogP contribution in [0.2, 0.25) is 0 Å². The number of amides is 1. The van der Waals surface area contributed by atoms with Gasteiger partial charge in [0.1, 0.15) is 0 Å². The van der Waals surface area contributed by atoms with Crippen molar-refractivity contribution in [1.82, 2.24) is 0 Å². The zero-order chi connectivity index (χ0) is 15.9. The summed E-state index contributed by atoms with van der Waals surface area (Å²) in [5.41, 5.74) is 1.56. The van der Waals surface area contributed by atoms with Crippen LogP contribution in [0.5, 0.6) is 0 Å². The van der Waals surface area contributed by atoms with E-state index in [4.69, 9.17) is 9.84 Å². The molecule has 1 heterocycles. The Bertz CT molecular complexity index is 535. The van der Waals surface area contributed by atoms with Crippen molar-refractivity contribution in [2.45, 2.75) is 39.0 Å². The second kappa shape index (κ2) is 7.94. The molecule has 0 aromatic heterocycles. The summed E-state index contributed by atoms with van der Waals surface area (Å²) in [5.74, 6) is -0.292. The maximum atomic E-state index is 11.9. The third-order valence-corrected chi connectivity index (χ3v) is 4.10. The number of aryl methyl sites for hydroxylation is 1. The van der Waals surface area contributed by atoms with Gasteiger partial charge in [-0.25, -0.2) is 4.79 Å². The molecular formula is C17H23NO4. The second-order valence-electron chi connectivity index (χ2n) is 5.83. The fraction of sp³-hybridized carbons (Fsp3) is 0.529. The minimum atomic E-state index is -0.952. The number of benzene rings is 1. The van der Waals surface area contributed by atoms with Crippen molar-refractivity contribution in [2.24, 2.45) is 5.92 Å². The Kier molecular flexibility index (Phi) is 5.95. The SMILES string of the molecule is Cc1cc(NC(=O)CCCC2CCOCC2)ccc1C(=O)O. The average Bonchev–Trinajstić information content (AvgIpc) is 2.48. The lowest BCUT2D eigenvalue weighted by atomic mass is 9.94. The monoisotopic (exact) mass is 305 g/mol. The number of ether oxygens (including phenoxy) is 1. The number of hydrogen-bond acceptors (Lipinski definition) is 3. The first-order chi connectivity index (χ1) is 10.6. The maximum absolute atomic E-state index is 11.9. The molecule has 1 aromatic carbocycles. The number of carbonyl (C=O) groups is 2. The van der Waals surface area contributed by atoms with Crippen LogP contribution in [0.1, 0.15) is 48.0 Å². The largest absolute Gasteiger partial charge is 0.478 e. The molecule has 0 saturated carbocycles. The summed E-state index contributed by atoms with van der Waals surface area (Å²) in [5, 5.41) is 11.8. The topological polar surface area (TPSA) is 75.6 Å². The number of aromatic carboxylic acids is 1. The molecule has 5 heteroatoms. The lowest BCUT2D eigenvalue weighted by molar-refractivity contribution is -0.116. The summed E-state index contributed by atoms with van der Waals surface area (Å²) < 4.78 is 5.32. The molecule has 0 radical (unpaired) electrons. The smallest absolute Gasteiger partial charge is 0.335 e. The van der Waals surface area contributed by atoms with Gasteiger partial charge in [-0.2, -0.15) is 0 Å². The molecule has 0 atom stereocenters. The highest BCUT2D eigenvalue weighted by Crippen LogP contribution is 2.21. The van der Waals surface area contributed by atoms with Gasteiger partial charge in [0.05, 0.1) is 5.56 Å². The van der Waals surface area contributed by atoms with Gasteiger partial charge < -0.3 is 15.2 Å². The molecule has 1 saturated heterocycles. The van der Waals surface area contributed by atoms with Gasteiger partial charge in [-0.05, 0) is 62.3 Å². The van der Waals surface area contributed by atoms with E-state index in [2.05, 4.69) is 5.32 Å². The van der Waals surface area contributed by atoms with E-state index < -0.39 is 5.97 Å². The minimum Gasteiger partial charge on any atom is -0.478 e. The second-order valence-corrected chi connectivity index (χ2v) is 5.83. The molecule has 1 amide bonds. The Morgan fingerprint density at radius 3 is 2.68 bits per heavy atom. The van der Waals surface area contributed by atoms with Crippen molar-refractivity contribution in [3.05, 3.63) is 29.3 Å². The van der Waals surface area contributed by atoms with Gasteiger partial charge in [0.25, 0.3) is 0 Å². The molecule has 1 aliphatic rings. The van der Waals surface area contributed by atoms with Crippen molar-refractivity contribution in [2.75, 3.05) is 18.5 Å². The van der Waals surface area contributed by atoms with Gasteiger partial charge in [-0.3, -0.25) is 4.79 Å². The summed E-state index contributed by atoms with van der Waals surface area (Å²) in [4.78, 5) is 22.9. The molecule has 1 aliphatic heterocycles. The van der Waals surface area contributed by atoms with Gasteiger partial charge >= 0.3 is 5.97 Å². The summed E-state index contributed by atoms with van der Waals surface area (Å²) in [6, 6.07) is 4.85. The van der Waals surface area contributed by atoms with Crippen molar-refractivity contribution in [1.29, 1.82) is 0 Å². The van der Waals surface area contributed by atoms with Crippen LogP contribution in [0.25, 0.3) is 0 Å². The van der Waals surface area contributed by atoms with Gasteiger partial charge in [0.15, 0.2) is 0 Å². The fourth-order valence-corrected chi connectivity index (χ4v) is 2.79. The van der Waals surface area contributed by atoms with Crippen LogP contribution < -0.4 is 5.32 Å². The Morgan fingerprint density at radius 1 is 1.32 bits per heavy atom. The van der Waals surface area contributed by atoms with Crippen molar-refractivity contribution >= 4 is 17.6 Å². The lowest BCUT2D eigenvalue weighted by Crippen LogP contribution is -2.17. The Hall–Kier alpha value is -1.88. The van der Waals surface area contributed by atoms with Crippen LogP contribution in [-0.4, -0.2) is 30.2 Å². The third kappa shape index (κ3) is 4.84. The molecule has 0 unspecified atom stereocenters. The molecule has 0 bridgehead atoms. The zero-order valence-electron chi connectivity index (χ0n) is 12.9. The molecular weight excluding hydrogens is 282 g/mol. The van der Waals surface area contributed by atoms with E-state index >= 15 is 0 Å². The van der Waals surface area contributed by atoms with Crippen LogP contribution in [-0.2, 0) is 9.53 Å². The molecule has 0 spiro atoms. The van der Waals surface area contributed by atoms with Crippen molar-refractivity contribution < 1.29 is 19.4 Å². The predicted molar refractivity (Wildman–Crippen MR) is 84.2 cm³/mol. The number of carboxylic acid groups (broad SMARTS) is 1. The predicted octanol–water partition coefficient (Wildman–Crippen LogP) is 3.23. The first-order valence-electron chi connectivity index (χ1n) is 7.78. The molecule has 0 aliphatic carbocycles. The normalized spacial score (nSPS) is 15.5. The maximum Gasteiger partial charge on any atom is 0.335 e. The first-order valence-corrected chi connectivity index (χ1v) is 7.78. The highest BCUT2D eigenvalue weighted by Gasteiger charge is 2.14. The van der Waals surface area contributed by atoms with Gasteiger partial charge in [-0.15, -0.1) is 0 Å². The van der Waals surface area contributed by atoms with E-state index in [1.54, 1.807) is 19.1 Å². The molecule has 2 N–H and O–H groups in total. The van der Waals surface area contributed by atoms with Crippen LogP contribution in [0.4, 0.5) is 5.69 Å². The van der Waals surface area contributed by atoms with Crippen molar-refractivity contribution in [3.63, 3.8) is 0 Å². The Morgan fingerprint density at radius 2 is 2.05 bits per heavy atom. The summed E-state index contributed by atoms with van der Waals surface area (Å²) in [6.07, 6.45) is 4.63. The highest BCUT2D eigenvalue weighted by atomic mass is 16.5. The van der Waals surface area contributed by atoms with Crippen molar-refractivity contribution in [3.8, 4) is 0 Å². The quantitative estimate of drug-likeness (QED) is 0.846. The van der Waals surface area contributed by atoms with Crippen LogP contribution in [0, 0.1) is 12.8 Å². The molecule has 1 aromatic rings. The minimum absolute atomic E-state index is 0.0189. The van der Waals surface area contributed by atoms with Gasteiger partial charge in [0, 0.05) is 25.3 Å². The Balaban J connectivity index is 1.76. The number of hydrogen-bond donors (Lipinski definition) is 2.